The van der Waals surface area contributed by atoms with Crippen LogP contribution in [0, 0.1) is 0 Å². The van der Waals surface area contributed by atoms with Crippen molar-refractivity contribution in [2.24, 2.45) is 7.05 Å². The molecule has 2 aromatic heterocycles. The van der Waals surface area contributed by atoms with E-state index < -0.39 is 0 Å². The lowest BCUT2D eigenvalue weighted by Crippen LogP contribution is -2.51. The van der Waals surface area contributed by atoms with Gasteiger partial charge in [-0.1, -0.05) is 12.1 Å². The zero-order valence-corrected chi connectivity index (χ0v) is 18.9. The average Bonchev–Trinajstić information content (AvgIpc) is 3.27. The smallest absolute Gasteiger partial charge is 0.337 e. The Kier molecular flexibility index (Phi) is 5.33. The maximum Gasteiger partial charge on any atom is 0.337 e. The van der Waals surface area contributed by atoms with Gasteiger partial charge in [-0.25, -0.2) is 4.79 Å². The number of methoxy groups -OCH3 is 1. The molecule has 5 rings (SSSR count). The van der Waals surface area contributed by atoms with E-state index in [1.807, 2.05) is 40.8 Å². The van der Waals surface area contributed by atoms with E-state index in [-0.39, 0.29) is 17.6 Å². The van der Waals surface area contributed by atoms with Crippen molar-refractivity contribution in [1.29, 1.82) is 0 Å². The summed E-state index contributed by atoms with van der Waals surface area (Å²) in [6, 6.07) is 15.4. The largest absolute Gasteiger partial charge is 0.465 e. The van der Waals surface area contributed by atoms with Crippen molar-refractivity contribution in [1.82, 2.24) is 24.1 Å². The minimum atomic E-state index is -0.328. The molecule has 0 saturated carbocycles. The number of aryl methyl sites for hydroxylation is 1. The first kappa shape index (κ1) is 21.1. The summed E-state index contributed by atoms with van der Waals surface area (Å²) in [5, 5.41) is 9.41. The first-order valence-corrected chi connectivity index (χ1v) is 11.0. The lowest BCUT2D eigenvalue weighted by Gasteiger charge is -2.40. The van der Waals surface area contributed by atoms with Crippen LogP contribution >= 0.6 is 0 Å². The maximum atomic E-state index is 12.7. The molecule has 9 heteroatoms. The van der Waals surface area contributed by atoms with Gasteiger partial charge in [-0.15, -0.1) is 10.2 Å². The SMILES string of the molecule is COC(=O)c1ccc(N2CCN(Cc3nnc4n(C)c(=O)c5ccccc5n34)C(C)C2)cc1. The van der Waals surface area contributed by atoms with Gasteiger partial charge in [-0.05, 0) is 43.3 Å². The molecule has 1 unspecified atom stereocenters. The van der Waals surface area contributed by atoms with Crippen molar-refractivity contribution in [2.75, 3.05) is 31.6 Å². The van der Waals surface area contributed by atoms with Gasteiger partial charge in [0.25, 0.3) is 5.56 Å². The van der Waals surface area contributed by atoms with E-state index in [9.17, 15) is 9.59 Å². The predicted octanol–water partition coefficient (Wildman–Crippen LogP) is 2.08. The van der Waals surface area contributed by atoms with Crippen LogP contribution in [0.5, 0.6) is 0 Å². The number of nitrogens with zero attached hydrogens (tertiary/aromatic N) is 6. The Bertz CT molecular complexity index is 1390. The van der Waals surface area contributed by atoms with E-state index >= 15 is 0 Å². The molecular weight excluding hydrogens is 420 g/mol. The predicted molar refractivity (Wildman–Crippen MR) is 126 cm³/mol. The third-order valence-electron chi connectivity index (χ3n) is 6.46. The van der Waals surface area contributed by atoms with Gasteiger partial charge in [0, 0.05) is 38.4 Å². The second-order valence-electron chi connectivity index (χ2n) is 8.44. The molecule has 0 aliphatic carbocycles. The summed E-state index contributed by atoms with van der Waals surface area (Å²) in [5.41, 5.74) is 2.39. The van der Waals surface area contributed by atoms with Crippen molar-refractivity contribution in [3.05, 3.63) is 70.3 Å². The highest BCUT2D eigenvalue weighted by atomic mass is 16.5. The van der Waals surface area contributed by atoms with Crippen LogP contribution in [0.1, 0.15) is 23.1 Å². The van der Waals surface area contributed by atoms with Crippen LogP contribution in [0.3, 0.4) is 0 Å². The average molecular weight is 447 g/mol. The summed E-state index contributed by atoms with van der Waals surface area (Å²) in [5.74, 6) is 1.04. The molecule has 0 radical (unpaired) electrons. The number of carbonyl (C=O) groups excluding carboxylic acids is 1. The van der Waals surface area contributed by atoms with E-state index in [0.717, 1.165) is 36.7 Å². The lowest BCUT2D eigenvalue weighted by molar-refractivity contribution is 0.0600. The van der Waals surface area contributed by atoms with Crippen LogP contribution in [-0.4, -0.2) is 62.8 Å². The number of para-hydroxylation sites is 1. The summed E-state index contributed by atoms with van der Waals surface area (Å²) in [6.45, 7) is 5.41. The number of carbonyl (C=O) groups is 1. The van der Waals surface area contributed by atoms with Crippen molar-refractivity contribution >= 4 is 28.3 Å². The van der Waals surface area contributed by atoms with Gasteiger partial charge in [0.15, 0.2) is 5.82 Å². The molecule has 1 atom stereocenters. The fraction of sp³-hybridized carbons (Fsp3) is 0.333. The van der Waals surface area contributed by atoms with Crippen molar-refractivity contribution < 1.29 is 9.53 Å². The molecule has 2 aromatic carbocycles. The number of benzene rings is 2. The molecule has 1 fully saturated rings. The Morgan fingerprint density at radius 2 is 1.85 bits per heavy atom. The number of aromatic nitrogens is 4. The molecular formula is C24H26N6O3. The Morgan fingerprint density at radius 3 is 2.58 bits per heavy atom. The topological polar surface area (TPSA) is 85.0 Å². The Balaban J connectivity index is 1.37. The number of piperazine rings is 1. The number of rotatable bonds is 4. The summed E-state index contributed by atoms with van der Waals surface area (Å²) >= 11 is 0. The summed E-state index contributed by atoms with van der Waals surface area (Å²) < 4.78 is 8.32. The quantitative estimate of drug-likeness (QED) is 0.444. The number of fused-ring (bicyclic) bond motifs is 3. The second kappa shape index (κ2) is 8.32. The number of hydrogen-bond acceptors (Lipinski definition) is 7. The fourth-order valence-corrected chi connectivity index (χ4v) is 4.57. The third-order valence-corrected chi connectivity index (χ3v) is 6.46. The standard InChI is InChI=1S/C24H26N6O3/c1-16-14-29(18-10-8-17(9-11-18)23(32)33-3)13-12-28(16)15-21-25-26-24-27(2)22(31)19-6-4-5-7-20(19)30(21)24/h4-11,16H,12-15H2,1-3H3. The Morgan fingerprint density at radius 1 is 1.09 bits per heavy atom. The zero-order chi connectivity index (χ0) is 23.1. The van der Waals surface area contributed by atoms with Gasteiger partial charge >= 0.3 is 5.97 Å². The van der Waals surface area contributed by atoms with E-state index in [0.29, 0.717) is 23.3 Å². The van der Waals surface area contributed by atoms with Crippen LogP contribution in [0.2, 0.25) is 0 Å². The molecule has 0 N–H and O–H groups in total. The van der Waals surface area contributed by atoms with Crippen LogP contribution in [0.25, 0.3) is 16.7 Å². The highest BCUT2D eigenvalue weighted by molar-refractivity contribution is 5.89. The van der Waals surface area contributed by atoms with Gasteiger partial charge in [-0.3, -0.25) is 18.7 Å². The molecule has 1 aliphatic rings. The van der Waals surface area contributed by atoms with Crippen LogP contribution in [0.4, 0.5) is 5.69 Å². The number of esters is 1. The molecule has 0 bridgehead atoms. The minimum absolute atomic E-state index is 0.0720. The molecule has 3 heterocycles. The Hall–Kier alpha value is -3.72. The second-order valence-corrected chi connectivity index (χ2v) is 8.44. The van der Waals surface area contributed by atoms with Gasteiger partial charge < -0.3 is 9.64 Å². The molecule has 0 amide bonds. The van der Waals surface area contributed by atoms with Gasteiger partial charge in [-0.2, -0.15) is 0 Å². The molecule has 1 saturated heterocycles. The van der Waals surface area contributed by atoms with Gasteiger partial charge in [0.1, 0.15) is 0 Å². The zero-order valence-electron chi connectivity index (χ0n) is 18.9. The Labute approximate surface area is 190 Å². The molecule has 33 heavy (non-hydrogen) atoms. The van der Waals surface area contributed by atoms with E-state index in [1.54, 1.807) is 23.7 Å². The summed E-state index contributed by atoms with van der Waals surface area (Å²) in [4.78, 5) is 29.1. The van der Waals surface area contributed by atoms with Crippen molar-refractivity contribution in [2.45, 2.75) is 19.5 Å². The first-order chi connectivity index (χ1) is 16.0. The first-order valence-electron chi connectivity index (χ1n) is 11.0. The van der Waals surface area contributed by atoms with Gasteiger partial charge in [0.05, 0.1) is 30.1 Å². The lowest BCUT2D eigenvalue weighted by atomic mass is 10.1. The van der Waals surface area contributed by atoms with E-state index in [1.165, 1.54) is 7.11 Å². The number of anilines is 1. The van der Waals surface area contributed by atoms with Crippen LogP contribution in [0.15, 0.2) is 53.3 Å². The molecule has 170 valence electrons. The summed E-state index contributed by atoms with van der Waals surface area (Å²) in [6.07, 6.45) is 0. The van der Waals surface area contributed by atoms with Crippen molar-refractivity contribution in [3.8, 4) is 0 Å². The molecule has 4 aromatic rings. The van der Waals surface area contributed by atoms with Crippen LogP contribution < -0.4 is 10.5 Å². The highest BCUT2D eigenvalue weighted by Gasteiger charge is 2.26. The monoisotopic (exact) mass is 446 g/mol. The molecule has 9 nitrogen and oxygen atoms in total. The van der Waals surface area contributed by atoms with E-state index in [2.05, 4.69) is 26.9 Å². The fourth-order valence-electron chi connectivity index (χ4n) is 4.57. The molecule has 1 aliphatic heterocycles. The van der Waals surface area contributed by atoms with Crippen molar-refractivity contribution in [3.63, 3.8) is 0 Å². The number of ether oxygens (including phenoxy) is 1. The number of hydrogen-bond donors (Lipinski definition) is 0. The van der Waals surface area contributed by atoms with Crippen LogP contribution in [-0.2, 0) is 18.3 Å². The normalized spacial score (nSPS) is 17.1. The van der Waals surface area contributed by atoms with Gasteiger partial charge in [0.2, 0.25) is 5.78 Å². The van der Waals surface area contributed by atoms with E-state index in [4.69, 9.17) is 4.74 Å². The molecule has 0 spiro atoms. The maximum absolute atomic E-state index is 12.7. The highest BCUT2D eigenvalue weighted by Crippen LogP contribution is 2.22. The summed E-state index contributed by atoms with van der Waals surface area (Å²) in [7, 11) is 3.12. The minimum Gasteiger partial charge on any atom is -0.465 e. The third kappa shape index (κ3) is 3.64.